The van der Waals surface area contributed by atoms with Gasteiger partial charge in [-0.3, -0.25) is 15.0 Å². The molecule has 6 heteroatoms. The molecule has 0 bridgehead atoms. The molecule has 19 heavy (non-hydrogen) atoms. The van der Waals surface area contributed by atoms with Gasteiger partial charge >= 0.3 is 0 Å². The van der Waals surface area contributed by atoms with Crippen molar-refractivity contribution in [3.05, 3.63) is 11.8 Å². The van der Waals surface area contributed by atoms with Gasteiger partial charge in [0.1, 0.15) is 0 Å². The molecule has 6 nitrogen and oxygen atoms in total. The maximum Gasteiger partial charge on any atom is 0.240 e. The highest BCUT2D eigenvalue weighted by molar-refractivity contribution is 5.90. The second-order valence-electron chi connectivity index (χ2n) is 5.48. The third-order valence-corrected chi connectivity index (χ3v) is 3.40. The lowest BCUT2D eigenvalue weighted by molar-refractivity contribution is -0.117. The predicted molar refractivity (Wildman–Crippen MR) is 70.8 cm³/mol. The summed E-state index contributed by atoms with van der Waals surface area (Å²) in [6.07, 6.45) is 3.77. The summed E-state index contributed by atoms with van der Waals surface area (Å²) in [5, 5.41) is 16.6. The number of aromatic nitrogens is 1. The number of hydrogen-bond acceptors (Lipinski definition) is 5. The number of nitrogens with one attached hydrogen (secondary N) is 1. The summed E-state index contributed by atoms with van der Waals surface area (Å²) in [5.41, 5.74) is 0.0987. The van der Waals surface area contributed by atoms with Crippen LogP contribution in [-0.4, -0.2) is 46.8 Å². The van der Waals surface area contributed by atoms with E-state index in [1.807, 2.05) is 11.9 Å². The molecule has 0 radical (unpaired) electrons. The van der Waals surface area contributed by atoms with E-state index >= 15 is 0 Å². The molecular weight excluding hydrogens is 246 g/mol. The van der Waals surface area contributed by atoms with Crippen molar-refractivity contribution in [1.29, 1.82) is 0 Å². The fourth-order valence-corrected chi connectivity index (χ4v) is 2.59. The van der Waals surface area contributed by atoms with E-state index in [-0.39, 0.29) is 12.5 Å². The Kier molecular flexibility index (Phi) is 4.21. The number of carbonyl (C=O) groups excluding carboxylic acids is 1. The van der Waals surface area contributed by atoms with Crippen LogP contribution in [0.4, 0.5) is 5.88 Å². The van der Waals surface area contributed by atoms with Gasteiger partial charge in [0.05, 0.1) is 17.8 Å². The smallest absolute Gasteiger partial charge is 0.240 e. The van der Waals surface area contributed by atoms with E-state index in [0.29, 0.717) is 12.4 Å². The molecule has 106 valence electrons. The molecule has 0 saturated heterocycles. The molecule has 0 unspecified atom stereocenters. The van der Waals surface area contributed by atoms with Crippen molar-refractivity contribution in [3.8, 4) is 0 Å². The fourth-order valence-electron chi connectivity index (χ4n) is 2.59. The third-order valence-electron chi connectivity index (χ3n) is 3.40. The van der Waals surface area contributed by atoms with Crippen LogP contribution in [0.1, 0.15) is 31.4 Å². The number of likely N-dealkylation sites (N-methyl/N-ethyl adjacent to an activating group) is 1. The minimum atomic E-state index is -0.627. The number of anilines is 1. The second-order valence-corrected chi connectivity index (χ2v) is 5.48. The van der Waals surface area contributed by atoms with Crippen LogP contribution in [0.5, 0.6) is 0 Å². The SMILES string of the molecule is Cc1cc(NC(=O)CN(C)CC2(O)CCCC2)on1. The van der Waals surface area contributed by atoms with E-state index in [0.717, 1.165) is 31.4 Å². The van der Waals surface area contributed by atoms with Crippen LogP contribution in [0, 0.1) is 6.92 Å². The maximum absolute atomic E-state index is 11.8. The van der Waals surface area contributed by atoms with Crippen molar-refractivity contribution in [1.82, 2.24) is 10.1 Å². The molecule has 0 atom stereocenters. The van der Waals surface area contributed by atoms with Gasteiger partial charge in [0.25, 0.3) is 0 Å². The monoisotopic (exact) mass is 267 g/mol. The Morgan fingerprint density at radius 1 is 1.58 bits per heavy atom. The summed E-state index contributed by atoms with van der Waals surface area (Å²) in [6, 6.07) is 1.67. The van der Waals surface area contributed by atoms with Crippen molar-refractivity contribution in [2.75, 3.05) is 25.5 Å². The summed E-state index contributed by atoms with van der Waals surface area (Å²) in [7, 11) is 1.83. The Balaban J connectivity index is 1.78. The van der Waals surface area contributed by atoms with Crippen molar-refractivity contribution in [2.24, 2.45) is 0 Å². The van der Waals surface area contributed by atoms with Crippen LogP contribution in [0.15, 0.2) is 10.6 Å². The molecule has 1 amide bonds. The van der Waals surface area contributed by atoms with E-state index in [1.54, 1.807) is 13.0 Å². The summed E-state index contributed by atoms with van der Waals surface area (Å²) in [6.45, 7) is 2.54. The average molecular weight is 267 g/mol. The van der Waals surface area contributed by atoms with Gasteiger partial charge in [-0.1, -0.05) is 18.0 Å². The summed E-state index contributed by atoms with van der Waals surface area (Å²) in [4.78, 5) is 13.6. The second kappa shape index (κ2) is 5.71. The first-order valence-electron chi connectivity index (χ1n) is 6.61. The molecule has 1 fully saturated rings. The zero-order chi connectivity index (χ0) is 13.9. The highest BCUT2D eigenvalue weighted by Gasteiger charge is 2.32. The Morgan fingerprint density at radius 2 is 2.26 bits per heavy atom. The number of amides is 1. The topological polar surface area (TPSA) is 78.6 Å². The van der Waals surface area contributed by atoms with Crippen LogP contribution in [0.3, 0.4) is 0 Å². The molecule has 2 N–H and O–H groups in total. The lowest BCUT2D eigenvalue weighted by Crippen LogP contribution is -2.42. The zero-order valence-corrected chi connectivity index (χ0v) is 11.5. The molecule has 0 spiro atoms. The Morgan fingerprint density at radius 3 is 2.84 bits per heavy atom. The van der Waals surface area contributed by atoms with E-state index in [2.05, 4.69) is 10.5 Å². The minimum Gasteiger partial charge on any atom is -0.389 e. The number of aliphatic hydroxyl groups is 1. The van der Waals surface area contributed by atoms with Crippen molar-refractivity contribution < 1.29 is 14.4 Å². The lowest BCUT2D eigenvalue weighted by Gasteiger charge is -2.27. The first kappa shape index (κ1) is 14.0. The van der Waals surface area contributed by atoms with Crippen LogP contribution < -0.4 is 5.32 Å². The fraction of sp³-hybridized carbons (Fsp3) is 0.692. The zero-order valence-electron chi connectivity index (χ0n) is 11.5. The van der Waals surface area contributed by atoms with Gasteiger partial charge in [-0.2, -0.15) is 0 Å². The van der Waals surface area contributed by atoms with Gasteiger partial charge in [-0.15, -0.1) is 0 Å². The van der Waals surface area contributed by atoms with Gasteiger partial charge in [0.15, 0.2) is 0 Å². The van der Waals surface area contributed by atoms with Gasteiger partial charge in [0.2, 0.25) is 11.8 Å². The standard InChI is InChI=1S/C13H21N3O3/c1-10-7-12(19-15-10)14-11(17)8-16(2)9-13(18)5-3-4-6-13/h7,18H,3-6,8-9H2,1-2H3,(H,14,17). The van der Waals surface area contributed by atoms with Crippen molar-refractivity contribution >= 4 is 11.8 Å². The highest BCUT2D eigenvalue weighted by atomic mass is 16.5. The first-order valence-corrected chi connectivity index (χ1v) is 6.61. The van der Waals surface area contributed by atoms with Gasteiger partial charge in [-0.05, 0) is 26.8 Å². The maximum atomic E-state index is 11.8. The Labute approximate surface area is 112 Å². The largest absolute Gasteiger partial charge is 0.389 e. The molecule has 0 aliphatic heterocycles. The first-order chi connectivity index (χ1) is 8.97. The van der Waals surface area contributed by atoms with E-state index in [9.17, 15) is 9.90 Å². The molecule has 2 rings (SSSR count). The summed E-state index contributed by atoms with van der Waals surface area (Å²) < 4.78 is 4.92. The molecule has 1 aliphatic rings. The van der Waals surface area contributed by atoms with Crippen LogP contribution in [-0.2, 0) is 4.79 Å². The van der Waals surface area contributed by atoms with E-state index in [1.165, 1.54) is 0 Å². The van der Waals surface area contributed by atoms with Gasteiger partial charge in [0, 0.05) is 12.6 Å². The molecule has 1 aromatic rings. The number of aryl methyl sites for hydroxylation is 1. The Hall–Kier alpha value is -1.40. The van der Waals surface area contributed by atoms with Crippen LogP contribution >= 0.6 is 0 Å². The molecule has 0 aromatic carbocycles. The molecule has 1 aliphatic carbocycles. The number of carbonyl (C=O) groups is 1. The van der Waals surface area contributed by atoms with E-state index < -0.39 is 5.60 Å². The van der Waals surface area contributed by atoms with Gasteiger partial charge < -0.3 is 9.63 Å². The average Bonchev–Trinajstić information content (AvgIpc) is 2.87. The van der Waals surface area contributed by atoms with E-state index in [4.69, 9.17) is 4.52 Å². The molecule has 1 heterocycles. The molecule has 1 saturated carbocycles. The van der Waals surface area contributed by atoms with Crippen LogP contribution in [0.2, 0.25) is 0 Å². The predicted octanol–water partition coefficient (Wildman–Crippen LogP) is 1.16. The van der Waals surface area contributed by atoms with Crippen molar-refractivity contribution in [2.45, 2.75) is 38.2 Å². The third kappa shape index (κ3) is 4.04. The number of nitrogens with zero attached hydrogens (tertiary/aromatic N) is 2. The van der Waals surface area contributed by atoms with Gasteiger partial charge in [-0.25, -0.2) is 0 Å². The lowest BCUT2D eigenvalue weighted by atomic mass is 10.0. The highest BCUT2D eigenvalue weighted by Crippen LogP contribution is 2.29. The quantitative estimate of drug-likeness (QED) is 0.837. The van der Waals surface area contributed by atoms with Crippen molar-refractivity contribution in [3.63, 3.8) is 0 Å². The summed E-state index contributed by atoms with van der Waals surface area (Å²) >= 11 is 0. The summed E-state index contributed by atoms with van der Waals surface area (Å²) in [5.74, 6) is 0.190. The number of hydrogen-bond donors (Lipinski definition) is 2. The van der Waals surface area contributed by atoms with Crippen LogP contribution in [0.25, 0.3) is 0 Å². The normalized spacial score (nSPS) is 17.9. The minimum absolute atomic E-state index is 0.166. The molecule has 1 aromatic heterocycles. The molecular formula is C13H21N3O3. The Bertz CT molecular complexity index is 438. The number of rotatable bonds is 5.